The molecule has 150 valence electrons. The van der Waals surface area contributed by atoms with Gasteiger partial charge in [-0.3, -0.25) is 14.7 Å². The van der Waals surface area contributed by atoms with E-state index in [1.165, 1.54) is 18.4 Å². The molecule has 1 unspecified atom stereocenters. The maximum absolute atomic E-state index is 12.3. The van der Waals surface area contributed by atoms with Gasteiger partial charge in [-0.1, -0.05) is 12.1 Å². The molecule has 2 aromatic rings. The van der Waals surface area contributed by atoms with E-state index < -0.39 is 0 Å². The van der Waals surface area contributed by atoms with E-state index in [9.17, 15) is 4.79 Å². The van der Waals surface area contributed by atoms with Crippen molar-refractivity contribution in [3.63, 3.8) is 0 Å². The lowest BCUT2D eigenvalue weighted by Crippen LogP contribution is -2.39. The van der Waals surface area contributed by atoms with E-state index in [1.807, 2.05) is 25.1 Å². The minimum absolute atomic E-state index is 0.140. The molecule has 1 aliphatic heterocycles. The summed E-state index contributed by atoms with van der Waals surface area (Å²) in [5.41, 5.74) is 3.49. The van der Waals surface area contributed by atoms with Crippen LogP contribution in [0.2, 0.25) is 0 Å². The van der Waals surface area contributed by atoms with Crippen molar-refractivity contribution >= 4 is 11.6 Å². The van der Waals surface area contributed by atoms with Gasteiger partial charge in [0.2, 0.25) is 0 Å². The van der Waals surface area contributed by atoms with E-state index in [4.69, 9.17) is 4.74 Å². The van der Waals surface area contributed by atoms with Crippen molar-refractivity contribution in [2.75, 3.05) is 18.5 Å². The minimum atomic E-state index is -0.140. The van der Waals surface area contributed by atoms with E-state index in [0.717, 1.165) is 37.5 Å². The predicted octanol–water partition coefficient (Wildman–Crippen LogP) is 4.42. The van der Waals surface area contributed by atoms with Gasteiger partial charge in [0, 0.05) is 43.3 Å². The van der Waals surface area contributed by atoms with Crippen molar-refractivity contribution in [2.45, 2.75) is 58.7 Å². The molecule has 1 fully saturated rings. The van der Waals surface area contributed by atoms with Gasteiger partial charge in [0.25, 0.3) is 5.91 Å². The molecule has 5 nitrogen and oxygen atoms in total. The number of amides is 1. The Morgan fingerprint density at radius 1 is 1.21 bits per heavy atom. The second-order valence-electron chi connectivity index (χ2n) is 7.85. The molecule has 1 atom stereocenters. The molecule has 1 aromatic heterocycles. The smallest absolute Gasteiger partial charge is 0.257 e. The maximum atomic E-state index is 12.3. The number of carbonyl (C=O) groups is 1. The molecule has 1 saturated heterocycles. The zero-order chi connectivity index (χ0) is 19.9. The van der Waals surface area contributed by atoms with E-state index in [-0.39, 0.29) is 5.91 Å². The molecule has 0 aliphatic carbocycles. The van der Waals surface area contributed by atoms with Gasteiger partial charge in [-0.25, -0.2) is 0 Å². The highest BCUT2D eigenvalue weighted by atomic mass is 16.5. The van der Waals surface area contributed by atoms with Crippen LogP contribution in [0.15, 0.2) is 42.6 Å². The van der Waals surface area contributed by atoms with Crippen LogP contribution in [-0.2, 0) is 11.3 Å². The van der Waals surface area contributed by atoms with Crippen LogP contribution in [0.25, 0.3) is 0 Å². The third-order valence-corrected chi connectivity index (χ3v) is 5.21. The Labute approximate surface area is 168 Å². The van der Waals surface area contributed by atoms with Crippen LogP contribution in [0.5, 0.6) is 0 Å². The number of anilines is 1. The van der Waals surface area contributed by atoms with Crippen LogP contribution >= 0.6 is 0 Å². The lowest BCUT2D eigenvalue weighted by molar-refractivity contribution is -0.0129. The normalized spacial score (nSPS) is 17.1. The monoisotopic (exact) mass is 381 g/mol. The van der Waals surface area contributed by atoms with Crippen LogP contribution in [0.4, 0.5) is 5.69 Å². The van der Waals surface area contributed by atoms with E-state index in [2.05, 4.69) is 41.2 Å². The van der Waals surface area contributed by atoms with Crippen LogP contribution < -0.4 is 5.32 Å². The highest BCUT2D eigenvalue weighted by molar-refractivity contribution is 6.04. The Balaban J connectivity index is 1.57. The number of hydrogen-bond donors (Lipinski definition) is 1. The number of hydrogen-bond acceptors (Lipinski definition) is 4. The first-order chi connectivity index (χ1) is 13.5. The summed E-state index contributed by atoms with van der Waals surface area (Å²) in [5.74, 6) is -0.140. The number of aromatic nitrogens is 1. The summed E-state index contributed by atoms with van der Waals surface area (Å²) in [5, 5.41) is 2.93. The van der Waals surface area contributed by atoms with Gasteiger partial charge in [0.1, 0.15) is 0 Å². The third kappa shape index (κ3) is 5.88. The number of pyridine rings is 1. The van der Waals surface area contributed by atoms with E-state index in [0.29, 0.717) is 17.7 Å². The zero-order valence-electron chi connectivity index (χ0n) is 17.1. The molecular formula is C23H31N3O2. The quantitative estimate of drug-likeness (QED) is 0.771. The number of nitrogens with one attached hydrogen (secondary N) is 1. The molecular weight excluding hydrogens is 350 g/mol. The zero-order valence-corrected chi connectivity index (χ0v) is 17.1. The molecule has 0 radical (unpaired) electrons. The fourth-order valence-corrected chi connectivity index (χ4v) is 3.40. The minimum Gasteiger partial charge on any atom is -0.377 e. The summed E-state index contributed by atoms with van der Waals surface area (Å²) in [4.78, 5) is 19.0. The fraction of sp³-hybridized carbons (Fsp3) is 0.478. The SMILES string of the molecule is Cc1ccc(C(=O)Nc2ccc(CN(CC3CCCCO3)C(C)C)cc2)cn1. The third-order valence-electron chi connectivity index (χ3n) is 5.21. The van der Waals surface area contributed by atoms with E-state index >= 15 is 0 Å². The number of ether oxygens (including phenoxy) is 1. The first-order valence-electron chi connectivity index (χ1n) is 10.2. The predicted molar refractivity (Wildman–Crippen MR) is 113 cm³/mol. The Hall–Kier alpha value is -2.24. The van der Waals surface area contributed by atoms with Crippen LogP contribution in [0.1, 0.15) is 54.7 Å². The lowest BCUT2D eigenvalue weighted by atomic mass is 10.1. The van der Waals surface area contributed by atoms with Crippen LogP contribution in [-0.4, -0.2) is 41.1 Å². The molecule has 1 aliphatic rings. The molecule has 5 heteroatoms. The molecule has 1 N–H and O–H groups in total. The average molecular weight is 382 g/mol. The molecule has 3 rings (SSSR count). The van der Waals surface area contributed by atoms with Crippen molar-refractivity contribution in [3.05, 3.63) is 59.4 Å². The summed E-state index contributed by atoms with van der Waals surface area (Å²) in [6.07, 6.45) is 5.55. The van der Waals surface area contributed by atoms with Crippen molar-refractivity contribution in [3.8, 4) is 0 Å². The van der Waals surface area contributed by atoms with Gasteiger partial charge in [-0.2, -0.15) is 0 Å². The number of aryl methyl sites for hydroxylation is 1. The Morgan fingerprint density at radius 3 is 2.61 bits per heavy atom. The first kappa shape index (κ1) is 20.5. The van der Waals surface area contributed by atoms with Gasteiger partial charge in [-0.15, -0.1) is 0 Å². The molecule has 2 heterocycles. The molecule has 28 heavy (non-hydrogen) atoms. The average Bonchev–Trinajstić information content (AvgIpc) is 2.70. The van der Waals surface area contributed by atoms with Crippen LogP contribution in [0, 0.1) is 6.92 Å². The first-order valence-corrected chi connectivity index (χ1v) is 10.2. The highest BCUT2D eigenvalue weighted by Crippen LogP contribution is 2.18. The Morgan fingerprint density at radius 2 is 2.00 bits per heavy atom. The van der Waals surface area contributed by atoms with Gasteiger partial charge in [0.15, 0.2) is 0 Å². The number of carbonyl (C=O) groups excluding carboxylic acids is 1. The van der Waals surface area contributed by atoms with Gasteiger partial charge in [-0.05, 0) is 69.9 Å². The molecule has 0 bridgehead atoms. The van der Waals surface area contributed by atoms with Crippen molar-refractivity contribution < 1.29 is 9.53 Å². The Kier molecular flexibility index (Phi) is 7.18. The summed E-state index contributed by atoms with van der Waals surface area (Å²) < 4.78 is 5.91. The molecule has 0 spiro atoms. The van der Waals surface area contributed by atoms with Gasteiger partial charge in [0.05, 0.1) is 11.7 Å². The largest absolute Gasteiger partial charge is 0.377 e. The van der Waals surface area contributed by atoms with Crippen molar-refractivity contribution in [1.82, 2.24) is 9.88 Å². The number of rotatable bonds is 7. The molecule has 1 amide bonds. The lowest BCUT2D eigenvalue weighted by Gasteiger charge is -2.32. The second kappa shape index (κ2) is 9.80. The van der Waals surface area contributed by atoms with Crippen LogP contribution in [0.3, 0.4) is 0 Å². The highest BCUT2D eigenvalue weighted by Gasteiger charge is 2.19. The van der Waals surface area contributed by atoms with E-state index in [1.54, 1.807) is 12.3 Å². The van der Waals surface area contributed by atoms with Gasteiger partial charge < -0.3 is 10.1 Å². The number of benzene rings is 1. The Bertz CT molecular complexity index is 750. The molecule has 0 saturated carbocycles. The molecule has 1 aromatic carbocycles. The standard InChI is InChI=1S/C23H31N3O2/c1-17(2)26(16-22-6-4-5-13-28-22)15-19-8-11-21(12-9-19)25-23(27)20-10-7-18(3)24-14-20/h7-12,14,17,22H,4-6,13,15-16H2,1-3H3,(H,25,27). The summed E-state index contributed by atoms with van der Waals surface area (Å²) in [6.45, 7) is 9.10. The van der Waals surface area contributed by atoms with Crippen molar-refractivity contribution in [1.29, 1.82) is 0 Å². The summed E-state index contributed by atoms with van der Waals surface area (Å²) in [6, 6.07) is 12.2. The number of nitrogens with zero attached hydrogens (tertiary/aromatic N) is 2. The van der Waals surface area contributed by atoms with Gasteiger partial charge >= 0.3 is 0 Å². The summed E-state index contributed by atoms with van der Waals surface area (Å²) in [7, 11) is 0. The maximum Gasteiger partial charge on any atom is 0.257 e. The van der Waals surface area contributed by atoms with Crippen molar-refractivity contribution in [2.24, 2.45) is 0 Å². The topological polar surface area (TPSA) is 54.5 Å². The second-order valence-corrected chi connectivity index (χ2v) is 7.85. The fourth-order valence-electron chi connectivity index (χ4n) is 3.40. The summed E-state index contributed by atoms with van der Waals surface area (Å²) >= 11 is 0.